The minimum Gasteiger partial charge on any atom is -0.394 e. The third-order valence-corrected chi connectivity index (χ3v) is 3.74. The zero-order valence-electron chi connectivity index (χ0n) is 9.35. The van der Waals surface area contributed by atoms with Crippen LogP contribution in [-0.4, -0.2) is 22.5 Å². The highest BCUT2D eigenvalue weighted by atomic mass is 28.3. The largest absolute Gasteiger partial charge is 0.394 e. The molecular formula is C12H18O2Si. The van der Waals surface area contributed by atoms with E-state index in [-0.39, 0.29) is 0 Å². The van der Waals surface area contributed by atoms with Gasteiger partial charge in [-0.25, -0.2) is 0 Å². The maximum absolute atomic E-state index is 5.53. The highest BCUT2D eigenvalue weighted by molar-refractivity contribution is 6.51. The van der Waals surface area contributed by atoms with Crippen LogP contribution >= 0.6 is 0 Å². The lowest BCUT2D eigenvalue weighted by molar-refractivity contribution is 0.224. The van der Waals surface area contributed by atoms with Gasteiger partial charge in [0.25, 0.3) is 0 Å². The summed E-state index contributed by atoms with van der Waals surface area (Å²) in [6, 6.07) is 10.2. The molecule has 0 radical (unpaired) electrons. The van der Waals surface area contributed by atoms with Crippen molar-refractivity contribution < 1.29 is 8.85 Å². The van der Waals surface area contributed by atoms with Gasteiger partial charge in [-0.3, -0.25) is 0 Å². The van der Waals surface area contributed by atoms with Crippen LogP contribution in [0.3, 0.4) is 0 Å². The Bertz CT molecular complexity index is 279. The monoisotopic (exact) mass is 222 g/mol. The molecule has 0 heterocycles. The van der Waals surface area contributed by atoms with E-state index in [0.717, 1.165) is 13.2 Å². The van der Waals surface area contributed by atoms with E-state index < -0.39 is 9.28 Å². The van der Waals surface area contributed by atoms with E-state index in [0.29, 0.717) is 0 Å². The second kappa shape index (κ2) is 7.40. The molecule has 82 valence electrons. The summed E-state index contributed by atoms with van der Waals surface area (Å²) in [6.07, 6.45) is 2.07. The molecular weight excluding hydrogens is 204 g/mol. The van der Waals surface area contributed by atoms with Crippen molar-refractivity contribution in [3.05, 3.63) is 41.6 Å². The second-order valence-corrected chi connectivity index (χ2v) is 4.84. The Hall–Kier alpha value is -0.903. The molecule has 0 saturated heterocycles. The van der Waals surface area contributed by atoms with Crippen molar-refractivity contribution >= 4 is 15.4 Å². The predicted molar refractivity (Wildman–Crippen MR) is 65.9 cm³/mol. The van der Waals surface area contributed by atoms with Gasteiger partial charge in [0.15, 0.2) is 0 Å². The molecule has 0 spiro atoms. The first kappa shape index (κ1) is 12.2. The van der Waals surface area contributed by atoms with Crippen LogP contribution in [-0.2, 0) is 8.85 Å². The van der Waals surface area contributed by atoms with Crippen molar-refractivity contribution in [2.45, 2.75) is 13.8 Å². The smallest absolute Gasteiger partial charge is 0.348 e. The molecule has 15 heavy (non-hydrogen) atoms. The first-order valence-corrected chi connectivity index (χ1v) is 6.94. The summed E-state index contributed by atoms with van der Waals surface area (Å²) in [5, 5.41) is 0. The van der Waals surface area contributed by atoms with Gasteiger partial charge in [-0.2, -0.15) is 0 Å². The molecule has 0 aliphatic rings. The topological polar surface area (TPSA) is 18.5 Å². The summed E-state index contributed by atoms with van der Waals surface area (Å²) in [7, 11) is -1.58. The van der Waals surface area contributed by atoms with Crippen molar-refractivity contribution in [1.29, 1.82) is 0 Å². The van der Waals surface area contributed by atoms with Crippen LogP contribution in [0, 0.1) is 0 Å². The molecule has 3 heteroatoms. The quantitative estimate of drug-likeness (QED) is 0.689. The summed E-state index contributed by atoms with van der Waals surface area (Å²) >= 11 is 0. The van der Waals surface area contributed by atoms with Crippen LogP contribution in [0.15, 0.2) is 36.0 Å². The zero-order valence-corrected chi connectivity index (χ0v) is 10.5. The highest BCUT2D eigenvalue weighted by Gasteiger charge is 2.05. The fraction of sp³-hybridized carbons (Fsp3) is 0.333. The zero-order chi connectivity index (χ0) is 10.9. The first-order chi connectivity index (χ1) is 7.36. The molecule has 0 saturated carbocycles. The number of benzene rings is 1. The van der Waals surface area contributed by atoms with Crippen LogP contribution in [0.4, 0.5) is 0 Å². The number of hydrogen-bond acceptors (Lipinski definition) is 2. The van der Waals surface area contributed by atoms with Gasteiger partial charge in [0.05, 0.1) is 0 Å². The Morgan fingerprint density at radius 3 is 2.20 bits per heavy atom. The van der Waals surface area contributed by atoms with Gasteiger partial charge < -0.3 is 8.85 Å². The van der Waals surface area contributed by atoms with Gasteiger partial charge in [-0.1, -0.05) is 36.4 Å². The van der Waals surface area contributed by atoms with Gasteiger partial charge in [0.1, 0.15) is 0 Å². The minimum absolute atomic E-state index is 0.718. The molecule has 1 aromatic carbocycles. The third-order valence-electron chi connectivity index (χ3n) is 1.91. The van der Waals surface area contributed by atoms with Gasteiger partial charge >= 0.3 is 9.28 Å². The minimum atomic E-state index is -1.58. The van der Waals surface area contributed by atoms with Crippen LogP contribution in [0.2, 0.25) is 0 Å². The average molecular weight is 222 g/mol. The van der Waals surface area contributed by atoms with E-state index in [1.807, 2.05) is 32.0 Å². The van der Waals surface area contributed by atoms with Crippen molar-refractivity contribution in [3.8, 4) is 0 Å². The Morgan fingerprint density at radius 1 is 1.07 bits per heavy atom. The maximum atomic E-state index is 5.53. The molecule has 1 rings (SSSR count). The molecule has 0 amide bonds. The molecule has 1 aromatic rings. The van der Waals surface area contributed by atoms with Gasteiger partial charge in [-0.15, -0.1) is 0 Å². The van der Waals surface area contributed by atoms with E-state index in [9.17, 15) is 0 Å². The normalized spacial score (nSPS) is 11.4. The molecule has 2 nitrogen and oxygen atoms in total. The lowest BCUT2D eigenvalue weighted by Gasteiger charge is -2.09. The Morgan fingerprint density at radius 2 is 1.67 bits per heavy atom. The number of rotatable bonds is 6. The molecule has 0 bridgehead atoms. The molecule has 0 N–H and O–H groups in total. The Balaban J connectivity index is 2.53. The molecule has 0 unspecified atom stereocenters. The fourth-order valence-corrected chi connectivity index (χ4v) is 2.60. The SMILES string of the molecule is CCO[SiH](C=Cc1ccccc1)OCC. The molecule has 0 aliphatic heterocycles. The standard InChI is InChI=1S/C12H18O2Si/c1-3-13-15(14-4-2)11-10-12-8-6-5-7-9-12/h5-11,15H,3-4H2,1-2H3. The van der Waals surface area contributed by atoms with Crippen LogP contribution in [0.1, 0.15) is 19.4 Å². The first-order valence-electron chi connectivity index (χ1n) is 5.33. The molecule has 0 fully saturated rings. The van der Waals surface area contributed by atoms with Crippen molar-refractivity contribution in [2.75, 3.05) is 13.2 Å². The Kier molecular flexibility index (Phi) is 6.00. The third kappa shape index (κ3) is 4.92. The van der Waals surface area contributed by atoms with Gasteiger partial charge in [0.2, 0.25) is 0 Å². The highest BCUT2D eigenvalue weighted by Crippen LogP contribution is 2.02. The lowest BCUT2D eigenvalue weighted by Crippen LogP contribution is -2.20. The van der Waals surface area contributed by atoms with Crippen molar-refractivity contribution in [1.82, 2.24) is 0 Å². The van der Waals surface area contributed by atoms with Crippen molar-refractivity contribution in [2.24, 2.45) is 0 Å². The number of hydrogen-bond donors (Lipinski definition) is 0. The predicted octanol–water partition coefficient (Wildman–Crippen LogP) is 2.53. The maximum Gasteiger partial charge on any atom is 0.348 e. The van der Waals surface area contributed by atoms with Gasteiger partial charge in [0, 0.05) is 13.2 Å². The van der Waals surface area contributed by atoms with E-state index in [4.69, 9.17) is 8.85 Å². The van der Waals surface area contributed by atoms with Crippen LogP contribution < -0.4 is 0 Å². The van der Waals surface area contributed by atoms with Crippen LogP contribution in [0.5, 0.6) is 0 Å². The average Bonchev–Trinajstić information content (AvgIpc) is 2.28. The summed E-state index contributed by atoms with van der Waals surface area (Å²) in [5.41, 5.74) is 3.26. The van der Waals surface area contributed by atoms with E-state index >= 15 is 0 Å². The van der Waals surface area contributed by atoms with Gasteiger partial charge in [-0.05, 0) is 25.1 Å². The second-order valence-electron chi connectivity index (χ2n) is 3.05. The van der Waals surface area contributed by atoms with Crippen molar-refractivity contribution in [3.63, 3.8) is 0 Å². The summed E-state index contributed by atoms with van der Waals surface area (Å²) < 4.78 is 11.1. The van der Waals surface area contributed by atoms with E-state index in [1.165, 1.54) is 5.56 Å². The van der Waals surface area contributed by atoms with E-state index in [1.54, 1.807) is 0 Å². The lowest BCUT2D eigenvalue weighted by atomic mass is 10.2. The Labute approximate surface area is 93.4 Å². The molecule has 0 atom stereocenters. The fourth-order valence-electron chi connectivity index (χ4n) is 1.24. The molecule has 0 aliphatic carbocycles. The summed E-state index contributed by atoms with van der Waals surface area (Å²) in [6.45, 7) is 5.43. The molecule has 0 aromatic heterocycles. The summed E-state index contributed by atoms with van der Waals surface area (Å²) in [4.78, 5) is 0. The van der Waals surface area contributed by atoms with Crippen LogP contribution in [0.25, 0.3) is 6.08 Å². The van der Waals surface area contributed by atoms with E-state index in [2.05, 4.69) is 23.9 Å². The summed E-state index contributed by atoms with van der Waals surface area (Å²) in [5.74, 6) is 0.